The van der Waals surface area contributed by atoms with Crippen LogP contribution >= 0.6 is 0 Å². The van der Waals surface area contributed by atoms with Crippen LogP contribution < -0.4 is 4.90 Å². The first kappa shape index (κ1) is 22.7. The van der Waals surface area contributed by atoms with Gasteiger partial charge in [0, 0.05) is 42.7 Å². The van der Waals surface area contributed by atoms with E-state index in [0.717, 1.165) is 17.5 Å². The predicted molar refractivity (Wildman–Crippen MR) is 117 cm³/mol. The monoisotopic (exact) mass is 430 g/mol. The molecule has 0 bridgehead atoms. The normalized spacial score (nSPS) is 11.4. The lowest BCUT2D eigenvalue weighted by molar-refractivity contribution is -0.137. The second kappa shape index (κ2) is 9.85. The number of unbranched alkanes of at least 4 members (excludes halogenated alkanes) is 1. The van der Waals surface area contributed by atoms with Crippen LogP contribution in [0.4, 0.5) is 14.5 Å². The number of aliphatic carboxylic acids is 1. The van der Waals surface area contributed by atoms with Crippen LogP contribution in [-0.4, -0.2) is 38.7 Å². The van der Waals surface area contributed by atoms with E-state index < -0.39 is 17.6 Å². The van der Waals surface area contributed by atoms with Gasteiger partial charge in [0.25, 0.3) is 0 Å². The molecule has 3 rings (SSSR count). The van der Waals surface area contributed by atoms with Crippen molar-refractivity contribution >= 4 is 22.7 Å². The van der Waals surface area contributed by atoms with Gasteiger partial charge in [0.1, 0.15) is 29.3 Å². The Hall–Kier alpha value is -3.03. The Morgan fingerprint density at radius 1 is 1.16 bits per heavy atom. The number of hydrogen-bond acceptors (Lipinski definition) is 4. The molecule has 0 radical (unpaired) electrons. The van der Waals surface area contributed by atoms with Crippen molar-refractivity contribution in [1.82, 2.24) is 14.5 Å². The van der Waals surface area contributed by atoms with E-state index in [-0.39, 0.29) is 18.2 Å². The first-order valence-electron chi connectivity index (χ1n) is 10.6. The third-order valence-electron chi connectivity index (χ3n) is 5.23. The number of nitrogens with zero attached hydrogens (tertiary/aromatic N) is 4. The standard InChI is InChI=1S/C23H28F2N4O2/c1-4-9-28(10-6-5-7-20(30)31)22-18(24)12-16(13-19(22)25)21-17-8-11-29(15(2)3)23(17)27-14-26-21/h8,11-15H,4-7,9-10H2,1-3H3,(H,30,31). The number of aromatic nitrogens is 3. The van der Waals surface area contributed by atoms with Crippen molar-refractivity contribution in [1.29, 1.82) is 0 Å². The summed E-state index contributed by atoms with van der Waals surface area (Å²) in [7, 11) is 0. The molecule has 1 N–H and O–H groups in total. The van der Waals surface area contributed by atoms with Gasteiger partial charge in [-0.3, -0.25) is 4.79 Å². The molecule has 0 saturated heterocycles. The third-order valence-corrected chi connectivity index (χ3v) is 5.23. The summed E-state index contributed by atoms with van der Waals surface area (Å²) in [6.07, 6.45) is 5.07. The van der Waals surface area contributed by atoms with Gasteiger partial charge in [-0.15, -0.1) is 0 Å². The summed E-state index contributed by atoms with van der Waals surface area (Å²) in [6.45, 7) is 6.88. The van der Waals surface area contributed by atoms with Crippen molar-refractivity contribution < 1.29 is 18.7 Å². The van der Waals surface area contributed by atoms with Crippen LogP contribution in [0.3, 0.4) is 0 Å². The molecular weight excluding hydrogens is 402 g/mol. The molecule has 8 heteroatoms. The van der Waals surface area contributed by atoms with Gasteiger partial charge in [0.15, 0.2) is 0 Å². The Morgan fingerprint density at radius 2 is 1.87 bits per heavy atom. The molecule has 0 aliphatic carbocycles. The molecule has 6 nitrogen and oxygen atoms in total. The van der Waals surface area contributed by atoms with Crippen LogP contribution in [0.15, 0.2) is 30.7 Å². The van der Waals surface area contributed by atoms with Crippen molar-refractivity contribution in [3.8, 4) is 11.3 Å². The van der Waals surface area contributed by atoms with E-state index >= 15 is 8.78 Å². The van der Waals surface area contributed by atoms with Gasteiger partial charge < -0.3 is 14.6 Å². The molecule has 1 aromatic carbocycles. The minimum Gasteiger partial charge on any atom is -0.481 e. The molecule has 2 heterocycles. The number of halogens is 2. The van der Waals surface area contributed by atoms with Crippen LogP contribution in [0.2, 0.25) is 0 Å². The molecule has 0 aliphatic rings. The molecule has 0 unspecified atom stereocenters. The summed E-state index contributed by atoms with van der Waals surface area (Å²) >= 11 is 0. The first-order valence-corrected chi connectivity index (χ1v) is 10.6. The van der Waals surface area contributed by atoms with Gasteiger partial charge >= 0.3 is 5.97 Å². The number of rotatable bonds is 10. The quantitative estimate of drug-likeness (QED) is 0.434. The van der Waals surface area contributed by atoms with Gasteiger partial charge in [0.2, 0.25) is 0 Å². The third kappa shape index (κ3) is 5.00. The highest BCUT2D eigenvalue weighted by atomic mass is 19.1. The molecular formula is C23H28F2N4O2. The minimum absolute atomic E-state index is 0.0452. The second-order valence-corrected chi connectivity index (χ2v) is 7.90. The van der Waals surface area contributed by atoms with Crippen LogP contribution in [0.1, 0.15) is 52.5 Å². The number of benzene rings is 1. The largest absolute Gasteiger partial charge is 0.481 e. The summed E-state index contributed by atoms with van der Waals surface area (Å²) in [5.41, 5.74) is 1.48. The predicted octanol–water partition coefficient (Wildman–Crippen LogP) is 5.43. The van der Waals surface area contributed by atoms with E-state index in [1.165, 1.54) is 18.5 Å². The number of carbonyl (C=O) groups is 1. The van der Waals surface area contributed by atoms with Gasteiger partial charge in [-0.25, -0.2) is 18.7 Å². The van der Waals surface area contributed by atoms with E-state index in [1.807, 2.05) is 37.6 Å². The van der Waals surface area contributed by atoms with Crippen molar-refractivity contribution in [2.24, 2.45) is 0 Å². The lowest BCUT2D eigenvalue weighted by Crippen LogP contribution is -2.27. The number of fused-ring (bicyclic) bond motifs is 1. The maximum atomic E-state index is 15.1. The van der Waals surface area contributed by atoms with Crippen molar-refractivity contribution in [2.45, 2.75) is 52.5 Å². The number of hydrogen-bond donors (Lipinski definition) is 1. The highest BCUT2D eigenvalue weighted by molar-refractivity contribution is 5.91. The van der Waals surface area contributed by atoms with Gasteiger partial charge in [-0.1, -0.05) is 6.92 Å². The van der Waals surface area contributed by atoms with Gasteiger partial charge in [-0.05, 0) is 51.3 Å². The Labute approximate surface area is 180 Å². The summed E-state index contributed by atoms with van der Waals surface area (Å²) in [4.78, 5) is 21.0. The van der Waals surface area contributed by atoms with Crippen LogP contribution in [0.25, 0.3) is 22.3 Å². The van der Waals surface area contributed by atoms with Gasteiger partial charge in [0.05, 0.1) is 5.69 Å². The maximum Gasteiger partial charge on any atom is 0.303 e. The van der Waals surface area contributed by atoms with Crippen molar-refractivity contribution in [3.05, 3.63) is 42.4 Å². The van der Waals surface area contributed by atoms with Crippen LogP contribution in [0.5, 0.6) is 0 Å². The zero-order valence-corrected chi connectivity index (χ0v) is 18.1. The van der Waals surface area contributed by atoms with Crippen molar-refractivity contribution in [2.75, 3.05) is 18.0 Å². The molecule has 3 aromatic rings. The summed E-state index contributed by atoms with van der Waals surface area (Å²) < 4.78 is 32.2. The molecule has 0 atom stereocenters. The molecule has 0 aliphatic heterocycles. The Morgan fingerprint density at radius 3 is 2.48 bits per heavy atom. The molecule has 31 heavy (non-hydrogen) atoms. The molecule has 0 spiro atoms. The molecule has 166 valence electrons. The lowest BCUT2D eigenvalue weighted by Gasteiger charge is -2.25. The SMILES string of the molecule is CCCN(CCCCC(=O)O)c1c(F)cc(-c2ncnc3c2ccn3C(C)C)cc1F. The van der Waals surface area contributed by atoms with E-state index in [2.05, 4.69) is 9.97 Å². The highest BCUT2D eigenvalue weighted by Crippen LogP contribution is 2.33. The zero-order chi connectivity index (χ0) is 22.5. The number of anilines is 1. The lowest BCUT2D eigenvalue weighted by atomic mass is 10.1. The smallest absolute Gasteiger partial charge is 0.303 e. The maximum absolute atomic E-state index is 15.1. The second-order valence-electron chi connectivity index (χ2n) is 7.90. The van der Waals surface area contributed by atoms with Crippen LogP contribution in [-0.2, 0) is 4.79 Å². The number of carboxylic acid groups (broad SMARTS) is 1. The topological polar surface area (TPSA) is 71.2 Å². The Balaban J connectivity index is 1.94. The number of carboxylic acids is 1. The zero-order valence-electron chi connectivity index (χ0n) is 18.1. The molecule has 0 amide bonds. The highest BCUT2D eigenvalue weighted by Gasteiger charge is 2.20. The molecule has 0 saturated carbocycles. The van der Waals surface area contributed by atoms with E-state index in [4.69, 9.17) is 5.11 Å². The van der Waals surface area contributed by atoms with Crippen molar-refractivity contribution in [3.63, 3.8) is 0 Å². The Bertz CT molecular complexity index is 1040. The average Bonchev–Trinajstić information content (AvgIpc) is 3.15. The Kier molecular flexibility index (Phi) is 7.20. The van der Waals surface area contributed by atoms with E-state index in [0.29, 0.717) is 37.2 Å². The average molecular weight is 430 g/mol. The van der Waals surface area contributed by atoms with Gasteiger partial charge in [-0.2, -0.15) is 0 Å². The summed E-state index contributed by atoms with van der Waals surface area (Å²) in [6, 6.07) is 4.68. The fraction of sp³-hybridized carbons (Fsp3) is 0.435. The summed E-state index contributed by atoms with van der Waals surface area (Å²) in [5.74, 6) is -2.18. The fourth-order valence-electron chi connectivity index (χ4n) is 3.81. The first-order chi connectivity index (χ1) is 14.8. The van der Waals surface area contributed by atoms with E-state index in [1.54, 1.807) is 4.90 Å². The van der Waals surface area contributed by atoms with Crippen LogP contribution in [0, 0.1) is 11.6 Å². The fourth-order valence-corrected chi connectivity index (χ4v) is 3.81. The minimum atomic E-state index is -0.869. The van der Waals surface area contributed by atoms with E-state index in [9.17, 15) is 4.79 Å². The summed E-state index contributed by atoms with van der Waals surface area (Å²) in [5, 5.41) is 9.53. The molecule has 0 fully saturated rings. The molecule has 2 aromatic heterocycles.